The quantitative estimate of drug-likeness (QED) is 0.423. The molecule has 0 bridgehead atoms. The van der Waals surface area contributed by atoms with E-state index in [4.69, 9.17) is 14.4 Å². The average Bonchev–Trinajstić information content (AvgIpc) is 3.00. The van der Waals surface area contributed by atoms with Gasteiger partial charge in [0.25, 0.3) is 5.89 Å². The number of aliphatic carboxylic acids is 1. The number of nitrogens with zero attached hydrogens (tertiary/aromatic N) is 2. The summed E-state index contributed by atoms with van der Waals surface area (Å²) in [5, 5.41) is 18.6. The molecule has 0 fully saturated rings. The molecule has 0 saturated carbocycles. The van der Waals surface area contributed by atoms with E-state index in [-0.39, 0.29) is 30.7 Å². The third-order valence-electron chi connectivity index (χ3n) is 2.56. The highest BCUT2D eigenvalue weighted by Gasteiger charge is 2.11. The zero-order chi connectivity index (χ0) is 16.7. The van der Waals surface area contributed by atoms with Gasteiger partial charge in [-0.05, 0) is 24.3 Å². The topological polar surface area (TPSA) is 124 Å². The van der Waals surface area contributed by atoms with Crippen molar-refractivity contribution in [3.05, 3.63) is 24.3 Å². The van der Waals surface area contributed by atoms with Crippen LogP contribution in [0.15, 0.2) is 28.7 Å². The smallest absolute Gasteiger partial charge is 0.448 e. The molecule has 1 aromatic heterocycles. The average molecular weight is 339 g/mol. The van der Waals surface area contributed by atoms with Crippen LogP contribution < -0.4 is 10.2 Å². The molecular weight excluding hydrogens is 326 g/mol. The first-order chi connectivity index (χ1) is 11.1. The largest absolute Gasteiger partial charge is 0.481 e. The molecule has 0 spiro atoms. The molecule has 2 rings (SSSR count). The van der Waals surface area contributed by atoms with Gasteiger partial charge in [0.15, 0.2) is 0 Å². The van der Waals surface area contributed by atoms with Gasteiger partial charge in [0, 0.05) is 36.0 Å². The Morgan fingerprint density at radius 2 is 2.00 bits per heavy atom. The van der Waals surface area contributed by atoms with Crippen LogP contribution in [0.25, 0.3) is 11.5 Å². The minimum atomic E-state index is -1.02. The molecule has 0 aliphatic carbocycles. The summed E-state index contributed by atoms with van der Waals surface area (Å²) in [6.07, 6.45) is 1.24. The number of benzene rings is 1. The molecule has 1 amide bonds. The standard InChI is InChI=1S/C13H13N3O6S/c1-23-22-21-13-16-15-12(20-13)8-2-4-9(5-3-8)14-10(17)6-7-11(18)19/h2-5H,6-7H2,1H3,(H,14,17)(H,18,19). The van der Waals surface area contributed by atoms with Crippen LogP contribution in [0.4, 0.5) is 5.69 Å². The first kappa shape index (κ1) is 16.8. The molecule has 0 aliphatic heterocycles. The van der Waals surface area contributed by atoms with Crippen LogP contribution in [-0.4, -0.2) is 33.4 Å². The molecule has 0 aliphatic rings. The van der Waals surface area contributed by atoms with Gasteiger partial charge in [-0.1, -0.05) is 5.10 Å². The first-order valence-electron chi connectivity index (χ1n) is 6.41. The highest BCUT2D eigenvalue weighted by Crippen LogP contribution is 2.23. The van der Waals surface area contributed by atoms with Crippen molar-refractivity contribution in [2.45, 2.75) is 12.8 Å². The Hall–Kier alpha value is -2.59. The van der Waals surface area contributed by atoms with Crippen LogP contribution >= 0.6 is 12.0 Å². The van der Waals surface area contributed by atoms with Gasteiger partial charge in [-0.25, -0.2) is 0 Å². The third-order valence-corrected chi connectivity index (χ3v) is 2.77. The number of amides is 1. The van der Waals surface area contributed by atoms with Crippen molar-refractivity contribution in [1.82, 2.24) is 10.2 Å². The van der Waals surface area contributed by atoms with Crippen LogP contribution in [-0.2, 0) is 13.9 Å². The summed E-state index contributed by atoms with van der Waals surface area (Å²) in [6.45, 7) is 0. The van der Waals surface area contributed by atoms with E-state index in [9.17, 15) is 9.59 Å². The normalized spacial score (nSPS) is 10.3. The molecule has 9 nitrogen and oxygen atoms in total. The fourth-order valence-electron chi connectivity index (χ4n) is 1.56. The van der Waals surface area contributed by atoms with Crippen molar-refractivity contribution in [1.29, 1.82) is 0 Å². The highest BCUT2D eigenvalue weighted by molar-refractivity contribution is 7.93. The van der Waals surface area contributed by atoms with Gasteiger partial charge in [-0.2, -0.15) is 0 Å². The zero-order valence-corrected chi connectivity index (χ0v) is 12.8. The van der Waals surface area contributed by atoms with Crippen molar-refractivity contribution >= 4 is 29.6 Å². The first-order valence-corrected chi connectivity index (χ1v) is 7.56. The lowest BCUT2D eigenvalue weighted by Gasteiger charge is -2.04. The number of anilines is 1. The monoisotopic (exact) mass is 339 g/mol. The van der Waals surface area contributed by atoms with Gasteiger partial charge >= 0.3 is 12.0 Å². The van der Waals surface area contributed by atoms with Gasteiger partial charge < -0.3 is 14.8 Å². The molecule has 2 N–H and O–H groups in total. The molecule has 10 heteroatoms. The van der Waals surface area contributed by atoms with Gasteiger partial charge in [0.1, 0.15) is 0 Å². The summed E-state index contributed by atoms with van der Waals surface area (Å²) in [4.78, 5) is 26.6. The van der Waals surface area contributed by atoms with Crippen LogP contribution in [0.2, 0.25) is 0 Å². The maximum atomic E-state index is 11.5. The maximum absolute atomic E-state index is 11.5. The number of rotatable bonds is 8. The van der Waals surface area contributed by atoms with Gasteiger partial charge in [0.2, 0.25) is 5.91 Å². The summed E-state index contributed by atoms with van der Waals surface area (Å²) >= 11 is 0.988. The van der Waals surface area contributed by atoms with Crippen LogP contribution in [0.1, 0.15) is 12.8 Å². The fourth-order valence-corrected chi connectivity index (χ4v) is 1.69. The number of hydrogen-bond donors (Lipinski definition) is 2. The van der Waals surface area contributed by atoms with E-state index in [0.29, 0.717) is 11.3 Å². The van der Waals surface area contributed by atoms with E-state index < -0.39 is 5.97 Å². The number of carboxylic acid groups (broad SMARTS) is 1. The second-order valence-electron chi connectivity index (χ2n) is 4.21. The van der Waals surface area contributed by atoms with E-state index >= 15 is 0 Å². The lowest BCUT2D eigenvalue weighted by Crippen LogP contribution is -2.13. The number of hydrogen-bond acceptors (Lipinski definition) is 8. The third kappa shape index (κ3) is 5.27. The number of nitrogens with one attached hydrogen (secondary N) is 1. The van der Waals surface area contributed by atoms with E-state index in [1.54, 1.807) is 30.5 Å². The van der Waals surface area contributed by atoms with Crippen LogP contribution in [0, 0.1) is 0 Å². The summed E-state index contributed by atoms with van der Waals surface area (Å²) in [7, 11) is 0. The second-order valence-corrected chi connectivity index (χ2v) is 4.68. The minimum absolute atomic E-state index is 0.0864. The molecule has 0 radical (unpaired) electrons. The Labute approximate surface area is 135 Å². The number of carbonyl (C=O) groups excluding carboxylic acids is 1. The zero-order valence-electron chi connectivity index (χ0n) is 12.0. The van der Waals surface area contributed by atoms with Crippen molar-refractivity contribution in [3.63, 3.8) is 0 Å². The number of carboxylic acids is 1. The maximum Gasteiger partial charge on any atom is 0.448 e. The summed E-state index contributed by atoms with van der Waals surface area (Å²) < 4.78 is 9.82. The molecule has 1 heterocycles. The van der Waals surface area contributed by atoms with Gasteiger partial charge in [-0.3, -0.25) is 14.5 Å². The SMILES string of the molecule is CSOOc1nnc(-c2ccc(NC(=O)CCC(=O)O)cc2)o1. The lowest BCUT2D eigenvalue weighted by molar-refractivity contribution is -0.138. The summed E-state index contributed by atoms with van der Waals surface area (Å²) in [5.74, 6) is -1.16. The molecule has 0 saturated heterocycles. The van der Waals surface area contributed by atoms with Gasteiger partial charge in [-0.15, -0.1) is 9.43 Å². The molecule has 23 heavy (non-hydrogen) atoms. The van der Waals surface area contributed by atoms with E-state index in [0.717, 1.165) is 12.0 Å². The van der Waals surface area contributed by atoms with Crippen LogP contribution in [0.3, 0.4) is 0 Å². The Morgan fingerprint density at radius 3 is 2.65 bits per heavy atom. The minimum Gasteiger partial charge on any atom is -0.481 e. The van der Waals surface area contributed by atoms with Gasteiger partial charge in [0.05, 0.1) is 6.42 Å². The second kappa shape index (κ2) is 8.15. The van der Waals surface area contributed by atoms with Crippen molar-refractivity contribution in [2.24, 2.45) is 0 Å². The summed E-state index contributed by atoms with van der Waals surface area (Å²) in [5.41, 5.74) is 1.16. The predicted molar refractivity (Wildman–Crippen MR) is 80.5 cm³/mol. The molecular formula is C13H13N3O6S. The molecule has 1 aromatic carbocycles. The van der Waals surface area contributed by atoms with Crippen molar-refractivity contribution < 1.29 is 28.3 Å². The Kier molecular flexibility index (Phi) is 5.94. The lowest BCUT2D eigenvalue weighted by atomic mass is 10.2. The summed E-state index contributed by atoms with van der Waals surface area (Å²) in [6, 6.07) is 6.60. The Bertz CT molecular complexity index is 673. The fraction of sp³-hybridized carbons (Fsp3) is 0.231. The molecule has 0 atom stereocenters. The van der Waals surface area contributed by atoms with Crippen molar-refractivity contribution in [2.75, 3.05) is 11.6 Å². The van der Waals surface area contributed by atoms with E-state index in [2.05, 4.69) is 19.8 Å². The Balaban J connectivity index is 1.95. The van der Waals surface area contributed by atoms with Crippen molar-refractivity contribution in [3.8, 4) is 17.5 Å². The molecule has 0 unspecified atom stereocenters. The number of aromatic nitrogens is 2. The highest BCUT2D eigenvalue weighted by atomic mass is 32.2. The number of carbonyl (C=O) groups is 2. The molecule has 2 aromatic rings. The Morgan fingerprint density at radius 1 is 1.26 bits per heavy atom. The van der Waals surface area contributed by atoms with E-state index in [1.165, 1.54) is 0 Å². The predicted octanol–water partition coefficient (Wildman–Crippen LogP) is 2.13. The van der Waals surface area contributed by atoms with Crippen LogP contribution in [0.5, 0.6) is 6.08 Å². The van der Waals surface area contributed by atoms with E-state index in [1.807, 2.05) is 0 Å². The molecule has 122 valence electrons.